The van der Waals surface area contributed by atoms with Crippen molar-refractivity contribution in [3.05, 3.63) is 23.3 Å². The summed E-state index contributed by atoms with van der Waals surface area (Å²) in [6, 6.07) is 0. The molecule has 8 atom stereocenters. The van der Waals surface area contributed by atoms with Gasteiger partial charge in [-0.1, -0.05) is 57.9 Å². The van der Waals surface area contributed by atoms with E-state index in [4.69, 9.17) is 0 Å². The van der Waals surface area contributed by atoms with Crippen molar-refractivity contribution in [2.24, 2.45) is 40.4 Å². The van der Waals surface area contributed by atoms with Crippen LogP contribution < -0.4 is 0 Å². The van der Waals surface area contributed by atoms with E-state index in [1.165, 1.54) is 31.3 Å². The molecule has 3 saturated carbocycles. The topological polar surface area (TPSA) is 40.5 Å². The monoisotopic (exact) mass is 400 g/mol. The van der Waals surface area contributed by atoms with Crippen LogP contribution in [0.15, 0.2) is 23.3 Å². The Balaban J connectivity index is 1.52. The van der Waals surface area contributed by atoms with Crippen molar-refractivity contribution < 1.29 is 10.2 Å². The molecule has 0 aromatic rings. The molecule has 0 aliphatic heterocycles. The van der Waals surface area contributed by atoms with Crippen molar-refractivity contribution in [1.82, 2.24) is 0 Å². The average Bonchev–Trinajstić information content (AvgIpc) is 3.03. The summed E-state index contributed by atoms with van der Waals surface area (Å²) in [6.07, 6.45) is 15.1. The molecule has 0 spiro atoms. The van der Waals surface area contributed by atoms with E-state index in [0.29, 0.717) is 23.2 Å². The van der Waals surface area contributed by atoms with Gasteiger partial charge in [-0.15, -0.1) is 0 Å². The molecule has 2 nitrogen and oxygen atoms in total. The Hall–Kier alpha value is -0.600. The maximum Gasteiger partial charge on any atom is 0.0578 e. The predicted octanol–water partition coefficient (Wildman–Crippen LogP) is 6.28. The minimum absolute atomic E-state index is 0.129. The van der Waals surface area contributed by atoms with E-state index >= 15 is 0 Å². The Morgan fingerprint density at radius 1 is 0.966 bits per heavy atom. The molecule has 0 aromatic heterocycles. The van der Waals surface area contributed by atoms with E-state index in [9.17, 15) is 10.2 Å². The second kappa shape index (κ2) is 7.83. The number of allylic oxidation sites excluding steroid dienone is 3. The molecule has 4 rings (SSSR count). The standard InChI is InChI=1S/C27H44O2/c1-17(2)25(29)11-6-18(3)22-9-10-23-21-8-7-19-16-20(28)12-14-26(19,4)24(21)13-15-27(22,23)5/h7-8,17-18,20,22-25,28-29H,6,9-16H2,1-5H3/t18-,20+,22-,23+,24+,25?,26+,27-/m1/s1. The molecule has 164 valence electrons. The summed E-state index contributed by atoms with van der Waals surface area (Å²) in [5.41, 5.74) is 3.98. The third-order valence-corrected chi connectivity index (χ3v) is 9.99. The molecule has 3 fully saturated rings. The lowest BCUT2D eigenvalue weighted by molar-refractivity contribution is 0.0288. The van der Waals surface area contributed by atoms with Crippen molar-refractivity contribution in [1.29, 1.82) is 0 Å². The van der Waals surface area contributed by atoms with E-state index in [1.807, 2.05) is 0 Å². The molecular formula is C27H44O2. The van der Waals surface area contributed by atoms with Crippen molar-refractivity contribution in [2.75, 3.05) is 0 Å². The van der Waals surface area contributed by atoms with Gasteiger partial charge in [0.1, 0.15) is 0 Å². The van der Waals surface area contributed by atoms with Gasteiger partial charge < -0.3 is 10.2 Å². The van der Waals surface area contributed by atoms with Crippen LogP contribution in [-0.2, 0) is 0 Å². The first-order valence-corrected chi connectivity index (χ1v) is 12.4. The van der Waals surface area contributed by atoms with Crippen LogP contribution in [0.5, 0.6) is 0 Å². The highest BCUT2D eigenvalue weighted by molar-refractivity contribution is 5.38. The van der Waals surface area contributed by atoms with Crippen LogP contribution in [0.25, 0.3) is 0 Å². The molecule has 29 heavy (non-hydrogen) atoms. The van der Waals surface area contributed by atoms with Crippen LogP contribution in [0.2, 0.25) is 0 Å². The van der Waals surface area contributed by atoms with Gasteiger partial charge in [0.2, 0.25) is 0 Å². The van der Waals surface area contributed by atoms with E-state index in [1.54, 1.807) is 5.57 Å². The normalized spacial score (nSPS) is 43.7. The lowest BCUT2D eigenvalue weighted by Crippen LogP contribution is -2.46. The first-order valence-electron chi connectivity index (χ1n) is 12.4. The highest BCUT2D eigenvalue weighted by Crippen LogP contribution is 2.66. The Labute approximate surface area is 178 Å². The molecule has 4 aliphatic rings. The van der Waals surface area contributed by atoms with Crippen molar-refractivity contribution in [2.45, 2.75) is 105 Å². The van der Waals surface area contributed by atoms with Crippen LogP contribution >= 0.6 is 0 Å². The maximum atomic E-state index is 10.3. The summed E-state index contributed by atoms with van der Waals surface area (Å²) in [7, 11) is 0. The molecule has 0 saturated heterocycles. The maximum absolute atomic E-state index is 10.3. The zero-order valence-corrected chi connectivity index (χ0v) is 19.5. The van der Waals surface area contributed by atoms with Crippen molar-refractivity contribution >= 4 is 0 Å². The van der Waals surface area contributed by atoms with Crippen LogP contribution in [0, 0.1) is 40.4 Å². The van der Waals surface area contributed by atoms with E-state index < -0.39 is 0 Å². The summed E-state index contributed by atoms with van der Waals surface area (Å²) in [5.74, 6) is 3.30. The van der Waals surface area contributed by atoms with Crippen LogP contribution in [0.1, 0.15) is 92.4 Å². The first-order chi connectivity index (χ1) is 13.7. The Morgan fingerprint density at radius 3 is 2.45 bits per heavy atom. The quantitative estimate of drug-likeness (QED) is 0.570. The highest BCUT2D eigenvalue weighted by Gasteiger charge is 2.56. The van der Waals surface area contributed by atoms with Crippen LogP contribution in [-0.4, -0.2) is 22.4 Å². The summed E-state index contributed by atoms with van der Waals surface area (Å²) in [4.78, 5) is 0. The number of rotatable bonds is 5. The predicted molar refractivity (Wildman–Crippen MR) is 120 cm³/mol. The first kappa shape index (κ1) is 21.6. The van der Waals surface area contributed by atoms with Crippen LogP contribution in [0.4, 0.5) is 0 Å². The van der Waals surface area contributed by atoms with E-state index in [2.05, 4.69) is 46.8 Å². The molecule has 1 unspecified atom stereocenters. The molecule has 0 bridgehead atoms. The molecular weight excluding hydrogens is 356 g/mol. The third-order valence-electron chi connectivity index (χ3n) is 9.99. The van der Waals surface area contributed by atoms with Gasteiger partial charge in [-0.2, -0.15) is 0 Å². The zero-order chi connectivity index (χ0) is 21.0. The Bertz CT molecular complexity index is 676. The van der Waals surface area contributed by atoms with Gasteiger partial charge in [-0.3, -0.25) is 0 Å². The average molecular weight is 401 g/mol. The fourth-order valence-corrected chi connectivity index (χ4v) is 7.93. The van der Waals surface area contributed by atoms with Gasteiger partial charge in [0.05, 0.1) is 12.2 Å². The molecule has 0 radical (unpaired) electrons. The smallest absolute Gasteiger partial charge is 0.0578 e. The molecule has 4 aliphatic carbocycles. The second-order valence-corrected chi connectivity index (χ2v) is 11.9. The van der Waals surface area contributed by atoms with Crippen molar-refractivity contribution in [3.63, 3.8) is 0 Å². The number of aliphatic hydroxyl groups is 2. The third kappa shape index (κ3) is 3.57. The minimum atomic E-state index is -0.149. The number of hydrogen-bond acceptors (Lipinski definition) is 2. The molecule has 0 aromatic carbocycles. The molecule has 0 amide bonds. The second-order valence-electron chi connectivity index (χ2n) is 11.9. The SMILES string of the molecule is CC(C)C(O)CC[C@@H](C)[C@H]1CC[C@H]2C3=CC=C4C[C@@H](O)CC[C@]4(C)[C@H]3CC[C@]12C. The number of hydrogen-bond donors (Lipinski definition) is 2. The fourth-order valence-electron chi connectivity index (χ4n) is 7.93. The lowest BCUT2D eigenvalue weighted by atomic mass is 9.50. The minimum Gasteiger partial charge on any atom is -0.393 e. The van der Waals surface area contributed by atoms with Gasteiger partial charge >= 0.3 is 0 Å². The summed E-state index contributed by atoms with van der Waals surface area (Å²) < 4.78 is 0. The fraction of sp³-hybridized carbons (Fsp3) is 0.852. The summed E-state index contributed by atoms with van der Waals surface area (Å²) in [5, 5.41) is 20.5. The van der Waals surface area contributed by atoms with Crippen molar-refractivity contribution in [3.8, 4) is 0 Å². The van der Waals surface area contributed by atoms with E-state index in [0.717, 1.165) is 43.9 Å². The van der Waals surface area contributed by atoms with Gasteiger partial charge in [0.15, 0.2) is 0 Å². The molecule has 2 N–H and O–H groups in total. The van der Waals surface area contributed by atoms with E-state index in [-0.39, 0.29) is 17.6 Å². The van der Waals surface area contributed by atoms with Crippen LogP contribution in [0.3, 0.4) is 0 Å². The summed E-state index contributed by atoms with van der Waals surface area (Å²) >= 11 is 0. The van der Waals surface area contributed by atoms with Gasteiger partial charge in [0, 0.05) is 0 Å². The molecule has 0 heterocycles. The zero-order valence-electron chi connectivity index (χ0n) is 19.5. The number of aliphatic hydroxyl groups excluding tert-OH is 2. The van der Waals surface area contributed by atoms with Gasteiger partial charge in [0.25, 0.3) is 0 Å². The Kier molecular flexibility index (Phi) is 5.84. The highest BCUT2D eigenvalue weighted by atomic mass is 16.3. The molecule has 2 heteroatoms. The number of fused-ring (bicyclic) bond motifs is 5. The lowest BCUT2D eigenvalue weighted by Gasteiger charge is -2.55. The Morgan fingerprint density at radius 2 is 1.72 bits per heavy atom. The van der Waals surface area contributed by atoms with Gasteiger partial charge in [-0.25, -0.2) is 0 Å². The largest absolute Gasteiger partial charge is 0.393 e. The summed E-state index contributed by atoms with van der Waals surface area (Å²) in [6.45, 7) is 11.8. The van der Waals surface area contributed by atoms with Gasteiger partial charge in [-0.05, 0) is 98.2 Å².